The van der Waals surface area contributed by atoms with Crippen LogP contribution in [0.5, 0.6) is 0 Å². The largest absolute Gasteiger partial charge is 0.463 e. The Morgan fingerprint density at radius 1 is 0.970 bits per heavy atom. The molecule has 0 bridgehead atoms. The molecular weight excluding hydrogens is 418 g/mol. The minimum absolute atomic E-state index is 0.0202. The molecular formula is C24H25N7O2. The molecule has 1 aliphatic rings. The summed E-state index contributed by atoms with van der Waals surface area (Å²) in [6, 6.07) is 17.4. The number of nitrogens with zero attached hydrogens (tertiary/aromatic N) is 6. The number of aromatic nitrogens is 4. The molecule has 9 nitrogen and oxygen atoms in total. The highest BCUT2D eigenvalue weighted by Crippen LogP contribution is 2.24. The van der Waals surface area contributed by atoms with Gasteiger partial charge in [0.25, 0.3) is 0 Å². The molecule has 0 saturated carbocycles. The summed E-state index contributed by atoms with van der Waals surface area (Å²) in [5, 5.41) is 7.71. The van der Waals surface area contributed by atoms with Crippen LogP contribution in [0, 0.1) is 0 Å². The molecule has 3 aromatic heterocycles. The van der Waals surface area contributed by atoms with Gasteiger partial charge in [0.1, 0.15) is 5.69 Å². The van der Waals surface area contributed by atoms with Crippen LogP contribution in [0.3, 0.4) is 0 Å². The highest BCUT2D eigenvalue weighted by atomic mass is 16.3. The Morgan fingerprint density at radius 2 is 1.76 bits per heavy atom. The summed E-state index contributed by atoms with van der Waals surface area (Å²) in [5.74, 6) is 1.44. The van der Waals surface area contributed by atoms with Crippen LogP contribution in [-0.2, 0) is 11.3 Å². The summed E-state index contributed by atoms with van der Waals surface area (Å²) in [4.78, 5) is 25.5. The maximum Gasteiger partial charge on any atom is 0.234 e. The van der Waals surface area contributed by atoms with Crippen molar-refractivity contribution in [3.63, 3.8) is 0 Å². The molecule has 0 radical (unpaired) electrons. The molecule has 4 aromatic rings. The predicted octanol–water partition coefficient (Wildman–Crippen LogP) is 2.36. The fraction of sp³-hybridized carbons (Fsp3) is 0.250. The number of rotatable bonds is 7. The molecule has 1 fully saturated rings. The number of carbonyl (C=O) groups is 1. The number of carbonyl (C=O) groups excluding carboxylic acids is 1. The highest BCUT2D eigenvalue weighted by molar-refractivity contribution is 5.78. The Kier molecular flexibility index (Phi) is 6.12. The molecule has 0 spiro atoms. The van der Waals surface area contributed by atoms with E-state index in [1.807, 2.05) is 59.3 Å². The van der Waals surface area contributed by atoms with Gasteiger partial charge in [0.15, 0.2) is 5.76 Å². The van der Waals surface area contributed by atoms with Gasteiger partial charge >= 0.3 is 0 Å². The normalized spacial score (nSPS) is 14.4. The van der Waals surface area contributed by atoms with Crippen LogP contribution in [-0.4, -0.2) is 63.3 Å². The average molecular weight is 444 g/mol. The third-order valence-corrected chi connectivity index (χ3v) is 5.58. The summed E-state index contributed by atoms with van der Waals surface area (Å²) >= 11 is 0. The topological polar surface area (TPSA) is 92.3 Å². The highest BCUT2D eigenvalue weighted by Gasteiger charge is 2.21. The first-order valence-corrected chi connectivity index (χ1v) is 11.0. The van der Waals surface area contributed by atoms with Crippen molar-refractivity contribution < 1.29 is 9.21 Å². The summed E-state index contributed by atoms with van der Waals surface area (Å²) in [7, 11) is 0. The van der Waals surface area contributed by atoms with E-state index < -0.39 is 0 Å². The van der Waals surface area contributed by atoms with Crippen LogP contribution in [0.25, 0.3) is 17.1 Å². The number of hydrogen-bond acceptors (Lipinski definition) is 7. The van der Waals surface area contributed by atoms with Crippen molar-refractivity contribution in [3.05, 3.63) is 78.9 Å². The molecule has 168 valence electrons. The number of piperazine rings is 1. The van der Waals surface area contributed by atoms with Crippen molar-refractivity contribution in [3.8, 4) is 17.1 Å². The van der Waals surface area contributed by atoms with E-state index in [1.54, 1.807) is 18.7 Å². The van der Waals surface area contributed by atoms with E-state index >= 15 is 0 Å². The minimum atomic E-state index is -0.0202. The molecule has 0 atom stereocenters. The van der Waals surface area contributed by atoms with E-state index in [2.05, 4.69) is 25.1 Å². The Balaban J connectivity index is 1.18. The summed E-state index contributed by atoms with van der Waals surface area (Å²) in [6.07, 6.45) is 5.14. The van der Waals surface area contributed by atoms with E-state index in [4.69, 9.17) is 9.52 Å². The molecule has 9 heteroatoms. The van der Waals surface area contributed by atoms with Gasteiger partial charge in [0, 0.05) is 38.6 Å². The van der Waals surface area contributed by atoms with E-state index in [0.717, 1.165) is 55.0 Å². The number of benzene rings is 1. The summed E-state index contributed by atoms with van der Waals surface area (Å²) < 4.78 is 7.43. The van der Waals surface area contributed by atoms with E-state index in [1.165, 1.54) is 0 Å². The van der Waals surface area contributed by atoms with Crippen molar-refractivity contribution in [1.82, 2.24) is 30.0 Å². The lowest BCUT2D eigenvalue weighted by Crippen LogP contribution is -2.49. The van der Waals surface area contributed by atoms with Crippen molar-refractivity contribution in [2.24, 2.45) is 0 Å². The van der Waals surface area contributed by atoms with E-state index in [0.29, 0.717) is 13.1 Å². The van der Waals surface area contributed by atoms with Gasteiger partial charge in [-0.1, -0.05) is 18.2 Å². The van der Waals surface area contributed by atoms with E-state index in [-0.39, 0.29) is 5.91 Å². The Labute approximate surface area is 191 Å². The Morgan fingerprint density at radius 3 is 2.48 bits per heavy atom. The summed E-state index contributed by atoms with van der Waals surface area (Å²) in [6.45, 7) is 3.88. The predicted molar refractivity (Wildman–Crippen MR) is 124 cm³/mol. The van der Waals surface area contributed by atoms with Gasteiger partial charge in [-0.25, -0.2) is 14.6 Å². The molecule has 5 rings (SSSR count). The first-order valence-electron chi connectivity index (χ1n) is 11.0. The maximum absolute atomic E-state index is 12.6. The fourth-order valence-corrected chi connectivity index (χ4v) is 3.89. The van der Waals surface area contributed by atoms with Crippen molar-refractivity contribution in [1.29, 1.82) is 0 Å². The van der Waals surface area contributed by atoms with Gasteiger partial charge in [-0.15, -0.1) is 0 Å². The van der Waals surface area contributed by atoms with Crippen LogP contribution in [0.4, 0.5) is 5.95 Å². The number of anilines is 1. The molecule has 4 heterocycles. The second-order valence-electron chi connectivity index (χ2n) is 7.83. The average Bonchev–Trinajstić information content (AvgIpc) is 3.55. The zero-order valence-corrected chi connectivity index (χ0v) is 18.2. The lowest BCUT2D eigenvalue weighted by atomic mass is 10.2. The zero-order valence-electron chi connectivity index (χ0n) is 18.2. The first-order chi connectivity index (χ1) is 16.3. The van der Waals surface area contributed by atoms with Gasteiger partial charge in [-0.3, -0.25) is 9.69 Å². The molecule has 33 heavy (non-hydrogen) atoms. The first kappa shape index (κ1) is 20.9. The molecule has 1 N–H and O–H groups in total. The summed E-state index contributed by atoms with van der Waals surface area (Å²) in [5.41, 5.74) is 2.54. The van der Waals surface area contributed by atoms with Gasteiger partial charge in [0.05, 0.1) is 30.7 Å². The number of nitrogens with one attached hydrogen (secondary N) is 1. The van der Waals surface area contributed by atoms with Gasteiger partial charge in [-0.05, 0) is 36.4 Å². The third-order valence-electron chi connectivity index (χ3n) is 5.58. The Hall–Kier alpha value is -3.98. The van der Waals surface area contributed by atoms with Crippen LogP contribution in [0.2, 0.25) is 0 Å². The fourth-order valence-electron chi connectivity index (χ4n) is 3.89. The van der Waals surface area contributed by atoms with Crippen LogP contribution in [0.1, 0.15) is 5.69 Å². The number of para-hydroxylation sites is 1. The minimum Gasteiger partial charge on any atom is -0.463 e. The SMILES string of the molecule is O=C(CN1CCN(c2ncccn2)CC1)NCc1cc(-c2ccco2)n(-c2ccccc2)n1. The van der Waals surface area contributed by atoms with Gasteiger partial charge in [-0.2, -0.15) is 5.10 Å². The molecule has 1 amide bonds. The molecule has 0 unspecified atom stereocenters. The number of furan rings is 1. The van der Waals surface area contributed by atoms with E-state index in [9.17, 15) is 4.79 Å². The van der Waals surface area contributed by atoms with Crippen LogP contribution in [0.15, 0.2) is 77.7 Å². The molecule has 0 aliphatic carbocycles. The van der Waals surface area contributed by atoms with Crippen molar-refractivity contribution in [2.75, 3.05) is 37.6 Å². The molecule has 1 aliphatic heterocycles. The van der Waals surface area contributed by atoms with Crippen molar-refractivity contribution >= 4 is 11.9 Å². The van der Waals surface area contributed by atoms with Crippen LogP contribution < -0.4 is 10.2 Å². The standard InChI is InChI=1S/C24H25N7O2/c32-23(18-29-11-13-30(14-12-29)24-25-9-5-10-26-24)27-17-19-16-21(22-8-4-15-33-22)31(28-19)20-6-2-1-3-7-20/h1-10,15-16H,11-14,17-18H2,(H,27,32). The monoisotopic (exact) mass is 443 g/mol. The quantitative estimate of drug-likeness (QED) is 0.469. The van der Waals surface area contributed by atoms with Gasteiger partial charge in [0.2, 0.25) is 11.9 Å². The maximum atomic E-state index is 12.6. The Bertz CT molecular complexity index is 1170. The third kappa shape index (κ3) is 4.93. The smallest absolute Gasteiger partial charge is 0.234 e. The molecule has 1 aromatic carbocycles. The number of amides is 1. The van der Waals surface area contributed by atoms with Gasteiger partial charge < -0.3 is 14.6 Å². The second-order valence-corrected chi connectivity index (χ2v) is 7.83. The lowest BCUT2D eigenvalue weighted by molar-refractivity contribution is -0.122. The zero-order chi connectivity index (χ0) is 22.5. The lowest BCUT2D eigenvalue weighted by Gasteiger charge is -2.34. The number of hydrogen-bond donors (Lipinski definition) is 1. The van der Waals surface area contributed by atoms with Crippen molar-refractivity contribution in [2.45, 2.75) is 6.54 Å². The second kappa shape index (κ2) is 9.66. The molecule has 1 saturated heterocycles. The van der Waals surface area contributed by atoms with Crippen LogP contribution >= 0.6 is 0 Å².